The van der Waals surface area contributed by atoms with Crippen molar-refractivity contribution >= 4 is 11.1 Å². The summed E-state index contributed by atoms with van der Waals surface area (Å²) >= 11 is 0. The Morgan fingerprint density at radius 3 is 1.79 bits per heavy atom. The van der Waals surface area contributed by atoms with Crippen LogP contribution in [0.5, 0.6) is 0 Å². The number of fused-ring (bicyclic) bond motifs is 2. The van der Waals surface area contributed by atoms with E-state index < -0.39 is 5.41 Å². The summed E-state index contributed by atoms with van der Waals surface area (Å²) in [5.41, 5.74) is 12.7. The smallest absolute Gasteiger partial charge is 0.0752 e. The van der Waals surface area contributed by atoms with E-state index in [1.807, 2.05) is 0 Å². The van der Waals surface area contributed by atoms with Crippen molar-refractivity contribution in [2.75, 3.05) is 0 Å². The first-order chi connectivity index (χ1) is 18.6. The topological polar surface area (TPSA) is 0 Å². The highest BCUT2D eigenvalue weighted by atomic mass is 14.5. The maximum Gasteiger partial charge on any atom is 0.0752 e. The summed E-state index contributed by atoms with van der Waals surface area (Å²) in [4.78, 5) is 0. The molecular weight excluding hydrogens is 468 g/mol. The molecule has 0 aliphatic heterocycles. The third-order valence-corrected chi connectivity index (χ3v) is 8.61. The van der Waals surface area contributed by atoms with Gasteiger partial charge >= 0.3 is 0 Å². The van der Waals surface area contributed by atoms with Crippen LogP contribution in [-0.2, 0) is 10.8 Å². The molecule has 0 fully saturated rings. The Balaban J connectivity index is 1.84. The predicted molar refractivity (Wildman–Crippen MR) is 166 cm³/mol. The number of benzene rings is 3. The Labute approximate surface area is 233 Å². The van der Waals surface area contributed by atoms with Gasteiger partial charge in [-0.05, 0) is 66.8 Å². The molecular formula is C39H38. The molecule has 0 N–H and O–H groups in total. The summed E-state index contributed by atoms with van der Waals surface area (Å²) in [6.45, 7) is 13.9. The maximum absolute atomic E-state index is 3.70. The summed E-state index contributed by atoms with van der Waals surface area (Å²) in [5, 5.41) is 2.71. The van der Waals surface area contributed by atoms with Gasteiger partial charge in [-0.1, -0.05) is 145 Å². The first-order valence-corrected chi connectivity index (χ1v) is 14.2. The highest BCUT2D eigenvalue weighted by Gasteiger charge is 2.47. The van der Waals surface area contributed by atoms with Crippen LogP contribution in [0, 0.1) is 11.3 Å². The lowest BCUT2D eigenvalue weighted by atomic mass is 9.60. The average Bonchev–Trinajstić information content (AvgIpc) is 3.57. The second-order valence-electron chi connectivity index (χ2n) is 13.1. The minimum absolute atomic E-state index is 0.0510. The molecule has 1 atom stereocenters. The minimum Gasteiger partial charge on any atom is -0.116 e. The highest BCUT2D eigenvalue weighted by Crippen LogP contribution is 2.53. The normalized spacial score (nSPS) is 18.3. The molecule has 0 saturated heterocycles. The van der Waals surface area contributed by atoms with E-state index in [-0.39, 0.29) is 16.7 Å². The van der Waals surface area contributed by atoms with Crippen molar-refractivity contribution in [3.05, 3.63) is 159 Å². The molecule has 0 saturated carbocycles. The number of allylic oxidation sites excluding steroid dienone is 7. The molecule has 3 aromatic rings. The molecule has 3 aliphatic carbocycles. The summed E-state index contributed by atoms with van der Waals surface area (Å²) in [7, 11) is 0. The number of hydrogen-bond acceptors (Lipinski definition) is 0. The van der Waals surface area contributed by atoms with Gasteiger partial charge in [0.15, 0.2) is 0 Å². The monoisotopic (exact) mass is 506 g/mol. The van der Waals surface area contributed by atoms with Crippen LogP contribution in [0.1, 0.15) is 58.2 Å². The van der Waals surface area contributed by atoms with Gasteiger partial charge in [0.2, 0.25) is 0 Å². The molecule has 0 nitrogen and oxygen atoms in total. The highest BCUT2D eigenvalue weighted by molar-refractivity contribution is 5.90. The molecule has 194 valence electrons. The van der Waals surface area contributed by atoms with Gasteiger partial charge < -0.3 is 0 Å². The standard InChI is InChI=1S/C39H38/c1-37(2,3)30-21-23-32-33-24-22-31(38(4,5)6)26-35(33)36(34(32)25-30)39(29-19-13-14-20-29,27-15-9-7-10-16-27)28-17-11-8-12-18-28/h7-19,21-26,34H,1-6H3. The molecule has 6 rings (SSSR count). The van der Waals surface area contributed by atoms with E-state index in [0.717, 1.165) is 0 Å². The molecule has 1 unspecified atom stereocenters. The summed E-state index contributed by atoms with van der Waals surface area (Å²) < 4.78 is 0. The first kappa shape index (κ1) is 25.4. The molecule has 0 spiro atoms. The van der Waals surface area contributed by atoms with Crippen molar-refractivity contribution in [1.29, 1.82) is 0 Å². The third kappa shape index (κ3) is 4.07. The fourth-order valence-electron chi connectivity index (χ4n) is 6.57. The van der Waals surface area contributed by atoms with E-state index in [0.29, 0.717) is 0 Å². The van der Waals surface area contributed by atoms with Gasteiger partial charge in [0, 0.05) is 11.5 Å². The van der Waals surface area contributed by atoms with E-state index in [1.165, 1.54) is 49.4 Å². The van der Waals surface area contributed by atoms with Gasteiger partial charge in [0.1, 0.15) is 0 Å². The van der Waals surface area contributed by atoms with Crippen molar-refractivity contribution in [2.24, 2.45) is 11.3 Å². The van der Waals surface area contributed by atoms with Gasteiger partial charge in [-0.15, -0.1) is 5.73 Å². The molecule has 0 heterocycles. The molecule has 0 bridgehead atoms. The van der Waals surface area contributed by atoms with Crippen LogP contribution in [0.3, 0.4) is 0 Å². The van der Waals surface area contributed by atoms with E-state index in [9.17, 15) is 0 Å². The minimum atomic E-state index is -0.492. The van der Waals surface area contributed by atoms with Gasteiger partial charge in [-0.25, -0.2) is 0 Å². The van der Waals surface area contributed by atoms with Crippen LogP contribution in [0.15, 0.2) is 132 Å². The first-order valence-electron chi connectivity index (χ1n) is 14.2. The molecule has 39 heavy (non-hydrogen) atoms. The summed E-state index contributed by atoms with van der Waals surface area (Å²) in [6, 6.07) is 29.4. The second kappa shape index (κ2) is 9.11. The van der Waals surface area contributed by atoms with Crippen molar-refractivity contribution in [3.63, 3.8) is 0 Å². The quantitative estimate of drug-likeness (QED) is 0.314. The van der Waals surface area contributed by atoms with E-state index >= 15 is 0 Å². The average molecular weight is 507 g/mol. The fourth-order valence-corrected chi connectivity index (χ4v) is 6.57. The zero-order valence-electron chi connectivity index (χ0n) is 24.0. The van der Waals surface area contributed by atoms with Crippen molar-refractivity contribution in [2.45, 2.75) is 52.4 Å². The van der Waals surface area contributed by atoms with Crippen molar-refractivity contribution in [1.82, 2.24) is 0 Å². The SMILES string of the molecule is CC(C)(C)C1=CC2C(=c3ccc(C(C)(C)C)cc3=C2C(C2=C=CC=C2)(c2ccccc2)c2ccccc2)C=C1. The molecule has 0 aromatic heterocycles. The lowest BCUT2D eigenvalue weighted by Gasteiger charge is -2.41. The molecule has 3 aromatic carbocycles. The number of hydrogen-bond donors (Lipinski definition) is 0. The van der Waals surface area contributed by atoms with Crippen LogP contribution in [0.25, 0.3) is 11.1 Å². The van der Waals surface area contributed by atoms with Crippen molar-refractivity contribution < 1.29 is 0 Å². The third-order valence-electron chi connectivity index (χ3n) is 8.61. The Hall–Kier alpha value is -3.86. The fraction of sp³-hybridized carbons (Fsp3) is 0.256. The second-order valence-corrected chi connectivity index (χ2v) is 13.1. The van der Waals surface area contributed by atoms with Crippen LogP contribution in [0.4, 0.5) is 0 Å². The van der Waals surface area contributed by atoms with Crippen LogP contribution in [-0.4, -0.2) is 0 Å². The summed E-state index contributed by atoms with van der Waals surface area (Å²) in [6.07, 6.45) is 13.8. The molecule has 0 heteroatoms. The molecule has 0 radical (unpaired) electrons. The Kier molecular flexibility index (Phi) is 5.94. The van der Waals surface area contributed by atoms with E-state index in [2.05, 4.69) is 163 Å². The zero-order chi connectivity index (χ0) is 27.4. The Bertz CT molecular complexity index is 1680. The van der Waals surface area contributed by atoms with E-state index in [1.54, 1.807) is 0 Å². The molecule has 3 aliphatic rings. The van der Waals surface area contributed by atoms with E-state index in [4.69, 9.17) is 0 Å². The lowest BCUT2D eigenvalue weighted by molar-refractivity contribution is 0.512. The Morgan fingerprint density at radius 1 is 0.615 bits per heavy atom. The maximum atomic E-state index is 3.70. The Morgan fingerprint density at radius 2 is 1.26 bits per heavy atom. The number of rotatable bonds is 4. The van der Waals surface area contributed by atoms with Gasteiger partial charge in [-0.2, -0.15) is 0 Å². The van der Waals surface area contributed by atoms with Crippen LogP contribution < -0.4 is 10.4 Å². The van der Waals surface area contributed by atoms with Gasteiger partial charge in [0.25, 0.3) is 0 Å². The predicted octanol–water partition coefficient (Wildman–Crippen LogP) is 8.10. The van der Waals surface area contributed by atoms with Gasteiger partial charge in [0.05, 0.1) is 5.41 Å². The lowest BCUT2D eigenvalue weighted by Crippen LogP contribution is -2.38. The zero-order valence-corrected chi connectivity index (χ0v) is 24.0. The van der Waals surface area contributed by atoms with Crippen LogP contribution in [0.2, 0.25) is 0 Å². The molecule has 0 amide bonds. The van der Waals surface area contributed by atoms with Crippen molar-refractivity contribution in [3.8, 4) is 0 Å². The van der Waals surface area contributed by atoms with Crippen LogP contribution >= 0.6 is 0 Å². The van der Waals surface area contributed by atoms with Gasteiger partial charge in [-0.3, -0.25) is 0 Å². The summed E-state index contributed by atoms with van der Waals surface area (Å²) in [5.74, 6) is 0.165. The largest absolute Gasteiger partial charge is 0.116 e.